The number of hydrogen-bond acceptors (Lipinski definition) is 5. The number of hydrogen-bond donors (Lipinski definition) is 1. The SMILES string of the molecule is O=C(Cn1nnc(-c2ccccc2)n1)NN=Cc1ccc(F)cc1. The van der Waals surface area contributed by atoms with E-state index in [-0.39, 0.29) is 12.4 Å². The largest absolute Gasteiger partial charge is 0.271 e. The third-order valence-corrected chi connectivity index (χ3v) is 3.04. The molecule has 1 aromatic heterocycles. The Balaban J connectivity index is 1.55. The molecule has 0 aliphatic carbocycles. The highest BCUT2D eigenvalue weighted by Crippen LogP contribution is 2.11. The molecule has 0 radical (unpaired) electrons. The van der Waals surface area contributed by atoms with Crippen LogP contribution in [0.5, 0.6) is 0 Å². The molecule has 8 heteroatoms. The highest BCUT2D eigenvalue weighted by atomic mass is 19.1. The van der Waals surface area contributed by atoms with E-state index in [4.69, 9.17) is 0 Å². The van der Waals surface area contributed by atoms with Crippen LogP contribution in [0, 0.1) is 5.82 Å². The molecule has 0 unspecified atom stereocenters. The van der Waals surface area contributed by atoms with Gasteiger partial charge in [0, 0.05) is 5.56 Å². The maximum absolute atomic E-state index is 12.8. The van der Waals surface area contributed by atoms with Gasteiger partial charge in [0.15, 0.2) is 0 Å². The number of carbonyl (C=O) groups excluding carboxylic acids is 1. The van der Waals surface area contributed by atoms with Gasteiger partial charge in [-0.2, -0.15) is 9.90 Å². The Morgan fingerprint density at radius 1 is 1.17 bits per heavy atom. The molecule has 0 atom stereocenters. The maximum Gasteiger partial charge on any atom is 0.263 e. The van der Waals surface area contributed by atoms with E-state index >= 15 is 0 Å². The standard InChI is InChI=1S/C16H13FN6O/c17-14-8-6-12(7-9-14)10-18-19-15(24)11-23-21-16(20-22-23)13-4-2-1-3-5-13/h1-10H,11H2,(H,19,24). The number of nitrogens with one attached hydrogen (secondary N) is 1. The number of benzene rings is 2. The lowest BCUT2D eigenvalue weighted by atomic mass is 10.2. The van der Waals surface area contributed by atoms with Crippen LogP contribution in [0.2, 0.25) is 0 Å². The average molecular weight is 324 g/mol. The molecule has 0 aliphatic heterocycles. The molecule has 120 valence electrons. The zero-order chi connectivity index (χ0) is 16.8. The molecule has 0 saturated heterocycles. The minimum absolute atomic E-state index is 0.111. The molecule has 0 saturated carbocycles. The van der Waals surface area contributed by atoms with Gasteiger partial charge in [-0.05, 0) is 22.9 Å². The fourth-order valence-electron chi connectivity index (χ4n) is 1.90. The lowest BCUT2D eigenvalue weighted by molar-refractivity contribution is -0.122. The fourth-order valence-corrected chi connectivity index (χ4v) is 1.90. The van der Waals surface area contributed by atoms with Crippen molar-refractivity contribution in [2.75, 3.05) is 0 Å². The first-order valence-corrected chi connectivity index (χ1v) is 7.11. The van der Waals surface area contributed by atoms with Gasteiger partial charge < -0.3 is 0 Å². The molecule has 1 N–H and O–H groups in total. The molecular weight excluding hydrogens is 311 g/mol. The monoisotopic (exact) mass is 324 g/mol. The number of carbonyl (C=O) groups is 1. The summed E-state index contributed by atoms with van der Waals surface area (Å²) < 4.78 is 12.8. The number of nitrogens with zero attached hydrogens (tertiary/aromatic N) is 5. The summed E-state index contributed by atoms with van der Waals surface area (Å²) in [5, 5.41) is 15.7. The van der Waals surface area contributed by atoms with E-state index in [2.05, 4.69) is 25.9 Å². The second-order valence-corrected chi connectivity index (χ2v) is 4.85. The van der Waals surface area contributed by atoms with Crippen LogP contribution in [0.15, 0.2) is 59.7 Å². The first kappa shape index (κ1) is 15.5. The van der Waals surface area contributed by atoms with E-state index < -0.39 is 5.91 Å². The van der Waals surface area contributed by atoms with Gasteiger partial charge in [0.2, 0.25) is 5.82 Å². The zero-order valence-corrected chi connectivity index (χ0v) is 12.5. The van der Waals surface area contributed by atoms with Crippen LogP contribution in [0.4, 0.5) is 4.39 Å². The van der Waals surface area contributed by atoms with Gasteiger partial charge in [0.1, 0.15) is 12.4 Å². The molecule has 1 heterocycles. The van der Waals surface area contributed by atoms with Crippen molar-refractivity contribution in [1.82, 2.24) is 25.6 Å². The summed E-state index contributed by atoms with van der Waals surface area (Å²) in [5.74, 6) is -0.286. The molecule has 0 bridgehead atoms. The van der Waals surface area contributed by atoms with Gasteiger partial charge in [-0.25, -0.2) is 9.82 Å². The van der Waals surface area contributed by atoms with Crippen LogP contribution >= 0.6 is 0 Å². The van der Waals surface area contributed by atoms with Gasteiger partial charge in [-0.15, -0.1) is 10.2 Å². The Hall–Kier alpha value is -3.42. The van der Waals surface area contributed by atoms with Crippen LogP contribution in [0.25, 0.3) is 11.4 Å². The number of rotatable bonds is 5. The summed E-state index contributed by atoms with van der Waals surface area (Å²) in [4.78, 5) is 13.0. The summed E-state index contributed by atoms with van der Waals surface area (Å²) in [6.07, 6.45) is 1.42. The Bertz CT molecular complexity index is 845. The van der Waals surface area contributed by atoms with Crippen molar-refractivity contribution in [3.8, 4) is 11.4 Å². The molecule has 7 nitrogen and oxygen atoms in total. The van der Waals surface area contributed by atoms with Crippen LogP contribution in [0.3, 0.4) is 0 Å². The Kier molecular flexibility index (Phi) is 4.66. The van der Waals surface area contributed by atoms with Crippen molar-refractivity contribution in [3.05, 3.63) is 66.0 Å². The summed E-state index contributed by atoms with van der Waals surface area (Å²) in [6, 6.07) is 15.1. The summed E-state index contributed by atoms with van der Waals surface area (Å²) in [7, 11) is 0. The van der Waals surface area contributed by atoms with E-state index in [0.717, 1.165) is 5.56 Å². The minimum atomic E-state index is -0.398. The van der Waals surface area contributed by atoms with E-state index in [1.165, 1.54) is 23.1 Å². The molecule has 3 rings (SSSR count). The predicted octanol–water partition coefficient (Wildman–Crippen LogP) is 1.63. The second kappa shape index (κ2) is 7.23. The average Bonchev–Trinajstić information content (AvgIpc) is 3.06. The van der Waals surface area contributed by atoms with Crippen molar-refractivity contribution in [2.45, 2.75) is 6.54 Å². The quantitative estimate of drug-likeness (QED) is 0.571. The molecule has 0 aliphatic rings. The third kappa shape index (κ3) is 4.07. The van der Waals surface area contributed by atoms with Crippen molar-refractivity contribution < 1.29 is 9.18 Å². The van der Waals surface area contributed by atoms with Crippen LogP contribution in [0.1, 0.15) is 5.56 Å². The smallest absolute Gasteiger partial charge is 0.263 e. The number of tetrazole rings is 1. The van der Waals surface area contributed by atoms with Gasteiger partial charge >= 0.3 is 0 Å². The Morgan fingerprint density at radius 2 is 1.92 bits per heavy atom. The molecule has 24 heavy (non-hydrogen) atoms. The van der Waals surface area contributed by atoms with Crippen molar-refractivity contribution in [1.29, 1.82) is 0 Å². The lowest BCUT2D eigenvalue weighted by Crippen LogP contribution is -2.24. The molecule has 1 amide bonds. The third-order valence-electron chi connectivity index (χ3n) is 3.04. The lowest BCUT2D eigenvalue weighted by Gasteiger charge is -1.98. The Morgan fingerprint density at radius 3 is 2.67 bits per heavy atom. The van der Waals surface area contributed by atoms with Crippen LogP contribution in [-0.4, -0.2) is 32.3 Å². The number of halogens is 1. The molecular formula is C16H13FN6O. The normalized spacial score (nSPS) is 10.9. The zero-order valence-electron chi connectivity index (χ0n) is 12.5. The molecule has 0 fully saturated rings. The van der Waals surface area contributed by atoms with Gasteiger partial charge in [-0.3, -0.25) is 4.79 Å². The molecule has 0 spiro atoms. The van der Waals surface area contributed by atoms with Gasteiger partial charge in [0.05, 0.1) is 6.21 Å². The Labute approximate surface area is 136 Å². The summed E-state index contributed by atoms with van der Waals surface area (Å²) in [6.45, 7) is -0.111. The minimum Gasteiger partial charge on any atom is -0.271 e. The van der Waals surface area contributed by atoms with Gasteiger partial charge in [-0.1, -0.05) is 42.5 Å². The van der Waals surface area contributed by atoms with E-state index in [9.17, 15) is 9.18 Å². The fraction of sp³-hybridized carbons (Fsp3) is 0.0625. The van der Waals surface area contributed by atoms with Crippen molar-refractivity contribution in [2.24, 2.45) is 5.10 Å². The molecule has 3 aromatic rings. The number of hydrazone groups is 1. The number of amides is 1. The van der Waals surface area contributed by atoms with Crippen LogP contribution < -0.4 is 5.43 Å². The first-order valence-electron chi connectivity index (χ1n) is 7.11. The predicted molar refractivity (Wildman–Crippen MR) is 85.4 cm³/mol. The van der Waals surface area contributed by atoms with Crippen LogP contribution in [-0.2, 0) is 11.3 Å². The topological polar surface area (TPSA) is 85.1 Å². The van der Waals surface area contributed by atoms with Gasteiger partial charge in [0.25, 0.3) is 5.91 Å². The second-order valence-electron chi connectivity index (χ2n) is 4.85. The van der Waals surface area contributed by atoms with E-state index in [0.29, 0.717) is 11.4 Å². The maximum atomic E-state index is 12.8. The summed E-state index contributed by atoms with van der Waals surface area (Å²) >= 11 is 0. The van der Waals surface area contributed by atoms with Crippen molar-refractivity contribution >= 4 is 12.1 Å². The van der Waals surface area contributed by atoms with E-state index in [1.807, 2.05) is 30.3 Å². The number of aromatic nitrogens is 4. The van der Waals surface area contributed by atoms with Crippen molar-refractivity contribution in [3.63, 3.8) is 0 Å². The highest BCUT2D eigenvalue weighted by Gasteiger charge is 2.08. The summed E-state index contributed by atoms with van der Waals surface area (Å²) in [5.41, 5.74) is 3.84. The molecule has 2 aromatic carbocycles. The highest BCUT2D eigenvalue weighted by molar-refractivity contribution is 5.82. The first-order chi connectivity index (χ1) is 11.7. The van der Waals surface area contributed by atoms with E-state index in [1.54, 1.807) is 12.1 Å².